The number of hydrogen-bond donors (Lipinski definition) is 5. The Hall–Kier alpha value is -2.69. The Bertz CT molecular complexity index is 870. The quantitative estimate of drug-likeness (QED) is 0.453. The van der Waals surface area contributed by atoms with Crippen LogP contribution in [0.3, 0.4) is 0 Å². The third-order valence-electron chi connectivity index (χ3n) is 4.98. The molecule has 1 saturated heterocycles. The summed E-state index contributed by atoms with van der Waals surface area (Å²) in [6, 6.07) is 11.3. The van der Waals surface area contributed by atoms with Crippen LogP contribution in [0.4, 0.5) is 0 Å². The van der Waals surface area contributed by atoms with Gasteiger partial charge in [0, 0.05) is 12.6 Å². The summed E-state index contributed by atoms with van der Waals surface area (Å²) in [7, 11) is 3.02. The normalized spacial score (nSPS) is 26.1. The smallest absolute Gasteiger partial charge is 0.251 e. The molecule has 0 bridgehead atoms. The van der Waals surface area contributed by atoms with Crippen molar-refractivity contribution in [1.29, 1.82) is 0 Å². The summed E-state index contributed by atoms with van der Waals surface area (Å²) in [6.07, 6.45) is -6.34. The molecule has 0 saturated carbocycles. The molecule has 3 rings (SSSR count). The molecular weight excluding hydrogens is 394 g/mol. The van der Waals surface area contributed by atoms with E-state index in [9.17, 15) is 25.2 Å². The number of carbonyl (C=O) groups is 1. The molecule has 1 amide bonds. The van der Waals surface area contributed by atoms with Crippen molar-refractivity contribution in [3.05, 3.63) is 53.6 Å². The second-order valence-electron chi connectivity index (χ2n) is 6.87. The SMILES string of the molecule is CNC(=O)c1ccc(Oc2cc([C@H]3O[C@H](CO)[C@@H](O)[C@H](O)[C@@H]3O)ccc2OC)cc1. The number of methoxy groups -OCH3 is 1. The zero-order valence-corrected chi connectivity index (χ0v) is 16.6. The van der Waals surface area contributed by atoms with Crippen LogP contribution in [0.1, 0.15) is 22.0 Å². The minimum Gasteiger partial charge on any atom is -0.493 e. The van der Waals surface area contributed by atoms with E-state index < -0.39 is 37.1 Å². The van der Waals surface area contributed by atoms with Gasteiger partial charge in [-0.25, -0.2) is 0 Å². The molecule has 9 nitrogen and oxygen atoms in total. The topological polar surface area (TPSA) is 138 Å². The molecule has 1 aliphatic rings. The minimum atomic E-state index is -1.48. The molecule has 0 radical (unpaired) electrons. The van der Waals surface area contributed by atoms with E-state index in [0.717, 1.165) is 0 Å². The molecule has 5 atom stereocenters. The van der Waals surface area contributed by atoms with E-state index in [1.54, 1.807) is 49.5 Å². The van der Waals surface area contributed by atoms with Crippen molar-refractivity contribution in [2.24, 2.45) is 0 Å². The highest BCUT2D eigenvalue weighted by Crippen LogP contribution is 2.38. The van der Waals surface area contributed by atoms with Crippen LogP contribution in [0.25, 0.3) is 0 Å². The van der Waals surface area contributed by atoms with Crippen LogP contribution in [0.2, 0.25) is 0 Å². The first-order valence-corrected chi connectivity index (χ1v) is 9.38. The molecule has 2 aromatic rings. The third-order valence-corrected chi connectivity index (χ3v) is 4.98. The average Bonchev–Trinajstić information content (AvgIpc) is 2.77. The summed E-state index contributed by atoms with van der Waals surface area (Å²) >= 11 is 0. The molecule has 0 aromatic heterocycles. The van der Waals surface area contributed by atoms with Crippen LogP contribution in [0, 0.1) is 0 Å². The minimum absolute atomic E-state index is 0.219. The molecule has 1 aliphatic heterocycles. The highest BCUT2D eigenvalue weighted by atomic mass is 16.5. The number of ether oxygens (including phenoxy) is 3. The van der Waals surface area contributed by atoms with Gasteiger partial charge in [0.1, 0.15) is 36.3 Å². The molecule has 0 aliphatic carbocycles. The van der Waals surface area contributed by atoms with Gasteiger partial charge < -0.3 is 40.0 Å². The average molecular weight is 419 g/mol. The standard InChI is InChI=1S/C21H25NO8/c1-22-21(27)11-3-6-13(7-4-11)29-15-9-12(5-8-14(15)28-2)20-19(26)18(25)17(24)16(10-23)30-20/h3-9,16-20,23-26H,10H2,1-2H3,(H,22,27)/t16-,17-,18+,19+,20-/m1/s1. The lowest BCUT2D eigenvalue weighted by Gasteiger charge is -2.40. The van der Waals surface area contributed by atoms with Crippen molar-refractivity contribution in [1.82, 2.24) is 5.32 Å². The molecular formula is C21H25NO8. The Kier molecular flexibility index (Phi) is 6.91. The summed E-state index contributed by atoms with van der Waals surface area (Å²) in [4.78, 5) is 11.7. The number of hydrogen-bond acceptors (Lipinski definition) is 8. The molecule has 1 heterocycles. The van der Waals surface area contributed by atoms with E-state index in [-0.39, 0.29) is 5.91 Å². The molecule has 0 unspecified atom stereocenters. The summed E-state index contributed by atoms with van der Waals surface area (Å²) in [5.74, 6) is 0.967. The van der Waals surface area contributed by atoms with E-state index in [1.807, 2.05) is 0 Å². The van der Waals surface area contributed by atoms with Crippen molar-refractivity contribution in [2.45, 2.75) is 30.5 Å². The van der Waals surface area contributed by atoms with Crippen LogP contribution in [-0.2, 0) is 4.74 Å². The maximum absolute atomic E-state index is 11.7. The van der Waals surface area contributed by atoms with Crippen molar-refractivity contribution >= 4 is 5.91 Å². The fourth-order valence-corrected chi connectivity index (χ4v) is 3.27. The number of nitrogens with one attached hydrogen (secondary N) is 1. The molecule has 2 aromatic carbocycles. The number of aliphatic hydroxyl groups is 4. The first-order valence-electron chi connectivity index (χ1n) is 9.38. The predicted octanol–water partition coefficient (Wildman–Crippen LogP) is 0.362. The fourth-order valence-electron chi connectivity index (χ4n) is 3.27. The van der Waals surface area contributed by atoms with Crippen molar-refractivity contribution in [3.8, 4) is 17.2 Å². The Morgan fingerprint density at radius 2 is 1.73 bits per heavy atom. The Morgan fingerprint density at radius 1 is 1.03 bits per heavy atom. The zero-order chi connectivity index (χ0) is 21.8. The Balaban J connectivity index is 1.87. The lowest BCUT2D eigenvalue weighted by Crippen LogP contribution is -2.55. The molecule has 30 heavy (non-hydrogen) atoms. The number of amides is 1. The molecule has 5 N–H and O–H groups in total. The lowest BCUT2D eigenvalue weighted by molar-refractivity contribution is -0.231. The van der Waals surface area contributed by atoms with Gasteiger partial charge in [-0.15, -0.1) is 0 Å². The maximum atomic E-state index is 11.7. The van der Waals surface area contributed by atoms with E-state index in [1.165, 1.54) is 7.11 Å². The molecule has 9 heteroatoms. The molecule has 162 valence electrons. The van der Waals surface area contributed by atoms with Crippen LogP contribution in [0.15, 0.2) is 42.5 Å². The van der Waals surface area contributed by atoms with E-state index in [0.29, 0.717) is 28.4 Å². The van der Waals surface area contributed by atoms with E-state index in [2.05, 4.69) is 5.32 Å². The Labute approximate surface area is 173 Å². The monoisotopic (exact) mass is 419 g/mol. The largest absolute Gasteiger partial charge is 0.493 e. The van der Waals surface area contributed by atoms with Gasteiger partial charge in [0.25, 0.3) is 5.91 Å². The van der Waals surface area contributed by atoms with Crippen LogP contribution >= 0.6 is 0 Å². The van der Waals surface area contributed by atoms with Crippen molar-refractivity contribution in [2.75, 3.05) is 20.8 Å². The highest BCUT2D eigenvalue weighted by Gasteiger charge is 2.44. The fraction of sp³-hybridized carbons (Fsp3) is 0.381. The second kappa shape index (κ2) is 9.41. The van der Waals surface area contributed by atoms with E-state index >= 15 is 0 Å². The molecule has 0 spiro atoms. The van der Waals surface area contributed by atoms with Crippen molar-refractivity contribution in [3.63, 3.8) is 0 Å². The summed E-state index contributed by atoms with van der Waals surface area (Å²) < 4.78 is 16.8. The van der Waals surface area contributed by atoms with Gasteiger partial charge >= 0.3 is 0 Å². The number of carbonyl (C=O) groups excluding carboxylic acids is 1. The summed E-state index contributed by atoms with van der Waals surface area (Å²) in [5, 5.41) is 42.3. The van der Waals surface area contributed by atoms with Gasteiger partial charge in [0.05, 0.1) is 13.7 Å². The number of rotatable bonds is 6. The van der Waals surface area contributed by atoms with Gasteiger partial charge in [0.2, 0.25) is 0 Å². The molecule has 1 fully saturated rings. The summed E-state index contributed by atoms with van der Waals surface area (Å²) in [6.45, 7) is -0.515. The predicted molar refractivity (Wildman–Crippen MR) is 106 cm³/mol. The first-order chi connectivity index (χ1) is 14.4. The summed E-state index contributed by atoms with van der Waals surface area (Å²) in [5.41, 5.74) is 0.941. The second-order valence-corrected chi connectivity index (χ2v) is 6.87. The highest BCUT2D eigenvalue weighted by molar-refractivity contribution is 5.94. The number of aliphatic hydroxyl groups excluding tert-OH is 4. The third kappa shape index (κ3) is 4.40. The maximum Gasteiger partial charge on any atom is 0.251 e. The van der Waals surface area contributed by atoms with Crippen LogP contribution < -0.4 is 14.8 Å². The van der Waals surface area contributed by atoms with Gasteiger partial charge in [-0.05, 0) is 42.0 Å². The lowest BCUT2D eigenvalue weighted by atomic mass is 9.91. The van der Waals surface area contributed by atoms with Crippen LogP contribution in [0.5, 0.6) is 17.2 Å². The first kappa shape index (κ1) is 22.0. The zero-order valence-electron chi connectivity index (χ0n) is 16.6. The number of benzene rings is 2. The Morgan fingerprint density at radius 3 is 2.33 bits per heavy atom. The van der Waals surface area contributed by atoms with Crippen LogP contribution in [-0.4, -0.2) is 71.5 Å². The van der Waals surface area contributed by atoms with E-state index in [4.69, 9.17) is 14.2 Å². The van der Waals surface area contributed by atoms with Gasteiger partial charge in [-0.1, -0.05) is 6.07 Å². The van der Waals surface area contributed by atoms with Gasteiger partial charge in [-0.3, -0.25) is 4.79 Å². The van der Waals surface area contributed by atoms with Crippen molar-refractivity contribution < 1.29 is 39.4 Å². The van der Waals surface area contributed by atoms with Gasteiger partial charge in [0.15, 0.2) is 11.5 Å². The van der Waals surface area contributed by atoms with Gasteiger partial charge in [-0.2, -0.15) is 0 Å².